The Hall–Kier alpha value is -0.810. The number of nitrogens with one attached hydrogen (secondary N) is 1. The maximum atomic E-state index is 11.2. The molecule has 0 fully saturated rings. The molecule has 6 heteroatoms. The second kappa shape index (κ2) is 5.50. The van der Waals surface area contributed by atoms with Gasteiger partial charge in [0.05, 0.1) is 5.69 Å². The Balaban J connectivity index is 0.00000128. The van der Waals surface area contributed by atoms with Crippen LogP contribution in [-0.4, -0.2) is 16.9 Å². The zero-order chi connectivity index (χ0) is 10.8. The van der Waals surface area contributed by atoms with E-state index in [2.05, 4.69) is 10.3 Å². The number of nitrogen functional groups attached to an aromatic ring is 1. The minimum absolute atomic E-state index is 0. The summed E-state index contributed by atoms with van der Waals surface area (Å²) >= 11 is 1.54. The Morgan fingerprint density at radius 2 is 2.44 bits per heavy atom. The molecule has 0 saturated heterocycles. The standard InChI is InChI=1S/C10H15N3OS.ClH/c1-2-9(14)12-6-3-4-7-8(5-6)15-10(11)13-7;/h6H,2-5H2,1H3,(H2,11,13)(H,12,14);1H/t6-;/m0./s1. The van der Waals surface area contributed by atoms with Crippen molar-refractivity contribution in [2.24, 2.45) is 0 Å². The molecule has 3 N–H and O–H groups in total. The molecule has 0 aromatic carbocycles. The lowest BCUT2D eigenvalue weighted by Crippen LogP contribution is -2.38. The van der Waals surface area contributed by atoms with Crippen molar-refractivity contribution >= 4 is 34.8 Å². The van der Waals surface area contributed by atoms with E-state index in [0.717, 1.165) is 25.0 Å². The lowest BCUT2D eigenvalue weighted by atomic mass is 9.97. The van der Waals surface area contributed by atoms with Gasteiger partial charge < -0.3 is 11.1 Å². The van der Waals surface area contributed by atoms with Crippen LogP contribution in [0.4, 0.5) is 5.13 Å². The van der Waals surface area contributed by atoms with Gasteiger partial charge in [-0.3, -0.25) is 4.79 Å². The summed E-state index contributed by atoms with van der Waals surface area (Å²) in [6.45, 7) is 1.87. The normalized spacial score (nSPS) is 18.4. The monoisotopic (exact) mass is 261 g/mol. The highest BCUT2D eigenvalue weighted by Gasteiger charge is 2.22. The highest BCUT2D eigenvalue weighted by molar-refractivity contribution is 7.15. The number of aromatic nitrogens is 1. The van der Waals surface area contributed by atoms with E-state index in [1.807, 2.05) is 6.92 Å². The van der Waals surface area contributed by atoms with Gasteiger partial charge in [0.1, 0.15) is 0 Å². The number of nitrogens with zero attached hydrogens (tertiary/aromatic N) is 1. The smallest absolute Gasteiger partial charge is 0.219 e. The van der Waals surface area contributed by atoms with E-state index in [0.29, 0.717) is 11.6 Å². The number of nitrogens with two attached hydrogens (primary N) is 1. The first-order valence-electron chi connectivity index (χ1n) is 5.22. The summed E-state index contributed by atoms with van der Waals surface area (Å²) in [6.07, 6.45) is 3.34. The number of hydrogen-bond donors (Lipinski definition) is 2. The summed E-state index contributed by atoms with van der Waals surface area (Å²) in [5.41, 5.74) is 6.78. The number of anilines is 1. The fraction of sp³-hybridized carbons (Fsp3) is 0.600. The van der Waals surface area contributed by atoms with Crippen molar-refractivity contribution in [1.29, 1.82) is 0 Å². The van der Waals surface area contributed by atoms with Crippen molar-refractivity contribution in [2.45, 2.75) is 38.6 Å². The minimum Gasteiger partial charge on any atom is -0.375 e. The number of rotatable bonds is 2. The Morgan fingerprint density at radius 1 is 1.69 bits per heavy atom. The third-order valence-electron chi connectivity index (χ3n) is 2.64. The summed E-state index contributed by atoms with van der Waals surface area (Å²) in [5.74, 6) is 0.126. The zero-order valence-corrected chi connectivity index (χ0v) is 10.8. The largest absolute Gasteiger partial charge is 0.375 e. The third kappa shape index (κ3) is 2.86. The second-order valence-electron chi connectivity index (χ2n) is 3.78. The number of thiazole rings is 1. The van der Waals surface area contributed by atoms with Crippen molar-refractivity contribution < 1.29 is 4.79 Å². The van der Waals surface area contributed by atoms with E-state index in [4.69, 9.17) is 5.73 Å². The molecule has 2 rings (SSSR count). The zero-order valence-electron chi connectivity index (χ0n) is 9.16. The van der Waals surface area contributed by atoms with Gasteiger partial charge in [-0.25, -0.2) is 4.98 Å². The van der Waals surface area contributed by atoms with Crippen molar-refractivity contribution in [3.63, 3.8) is 0 Å². The Labute approximate surface area is 105 Å². The molecule has 1 amide bonds. The molecule has 1 atom stereocenters. The van der Waals surface area contributed by atoms with Crippen molar-refractivity contribution in [1.82, 2.24) is 10.3 Å². The highest BCUT2D eigenvalue weighted by Crippen LogP contribution is 2.28. The molecule has 0 bridgehead atoms. The fourth-order valence-electron chi connectivity index (χ4n) is 1.85. The molecule has 0 spiro atoms. The van der Waals surface area contributed by atoms with Gasteiger partial charge in [-0.1, -0.05) is 6.92 Å². The van der Waals surface area contributed by atoms with E-state index in [-0.39, 0.29) is 24.4 Å². The Morgan fingerprint density at radius 3 is 3.12 bits per heavy atom. The topological polar surface area (TPSA) is 68.0 Å². The van der Waals surface area contributed by atoms with Crippen molar-refractivity contribution in [2.75, 3.05) is 5.73 Å². The quantitative estimate of drug-likeness (QED) is 0.848. The predicted molar refractivity (Wildman–Crippen MR) is 68.0 cm³/mol. The molecule has 1 aliphatic carbocycles. The first-order chi connectivity index (χ1) is 7.19. The molecule has 0 radical (unpaired) electrons. The molecule has 1 heterocycles. The fourth-order valence-corrected chi connectivity index (χ4v) is 2.81. The van der Waals surface area contributed by atoms with Gasteiger partial charge in [0.15, 0.2) is 5.13 Å². The summed E-state index contributed by atoms with van der Waals surface area (Å²) in [7, 11) is 0. The van der Waals surface area contributed by atoms with Crippen LogP contribution in [0.15, 0.2) is 0 Å². The number of fused-ring (bicyclic) bond motifs is 1. The molecule has 0 saturated carbocycles. The second-order valence-corrected chi connectivity index (χ2v) is 4.90. The van der Waals surface area contributed by atoms with Crippen LogP contribution in [0, 0.1) is 0 Å². The summed E-state index contributed by atoms with van der Waals surface area (Å²) < 4.78 is 0. The molecular formula is C10H16ClN3OS. The lowest BCUT2D eigenvalue weighted by molar-refractivity contribution is -0.121. The molecule has 0 aliphatic heterocycles. The van der Waals surface area contributed by atoms with Gasteiger partial charge in [-0.2, -0.15) is 0 Å². The minimum atomic E-state index is 0. The van der Waals surface area contributed by atoms with Gasteiger partial charge in [-0.05, 0) is 12.8 Å². The average molecular weight is 262 g/mol. The molecule has 16 heavy (non-hydrogen) atoms. The van der Waals surface area contributed by atoms with E-state index >= 15 is 0 Å². The first kappa shape index (κ1) is 13.3. The van der Waals surface area contributed by atoms with Gasteiger partial charge >= 0.3 is 0 Å². The Bertz CT molecular complexity index is 380. The number of carbonyl (C=O) groups is 1. The van der Waals surface area contributed by atoms with Crippen LogP contribution in [-0.2, 0) is 17.6 Å². The maximum absolute atomic E-state index is 11.2. The summed E-state index contributed by atoms with van der Waals surface area (Å²) in [5, 5.41) is 3.66. The van der Waals surface area contributed by atoms with E-state index in [9.17, 15) is 4.79 Å². The van der Waals surface area contributed by atoms with Crippen LogP contribution < -0.4 is 11.1 Å². The third-order valence-corrected chi connectivity index (χ3v) is 3.59. The van der Waals surface area contributed by atoms with E-state index < -0.39 is 0 Å². The first-order valence-corrected chi connectivity index (χ1v) is 6.04. The van der Waals surface area contributed by atoms with Crippen LogP contribution >= 0.6 is 23.7 Å². The van der Waals surface area contributed by atoms with Crippen LogP contribution in [0.1, 0.15) is 30.3 Å². The molecule has 0 unspecified atom stereocenters. The molecule has 1 aromatic rings. The number of amides is 1. The Kier molecular flexibility index (Phi) is 4.56. The summed E-state index contributed by atoms with van der Waals surface area (Å²) in [4.78, 5) is 16.8. The van der Waals surface area contributed by atoms with Gasteiger partial charge in [0.2, 0.25) is 5.91 Å². The van der Waals surface area contributed by atoms with Crippen LogP contribution in [0.5, 0.6) is 0 Å². The van der Waals surface area contributed by atoms with Gasteiger partial charge in [-0.15, -0.1) is 23.7 Å². The summed E-state index contributed by atoms with van der Waals surface area (Å²) in [6, 6.07) is 0.268. The van der Waals surface area contributed by atoms with Crippen molar-refractivity contribution in [3.8, 4) is 0 Å². The van der Waals surface area contributed by atoms with Crippen LogP contribution in [0.2, 0.25) is 0 Å². The number of halogens is 1. The van der Waals surface area contributed by atoms with Gasteiger partial charge in [0.25, 0.3) is 0 Å². The maximum Gasteiger partial charge on any atom is 0.219 e. The average Bonchev–Trinajstić information content (AvgIpc) is 2.57. The molecule has 1 aromatic heterocycles. The SMILES string of the molecule is CCC(=O)N[C@H]1CCc2nc(N)sc2C1.Cl. The number of hydrogen-bond acceptors (Lipinski definition) is 4. The molecule has 1 aliphatic rings. The van der Waals surface area contributed by atoms with E-state index in [1.54, 1.807) is 11.3 Å². The predicted octanol–water partition coefficient (Wildman–Crippen LogP) is 1.53. The van der Waals surface area contributed by atoms with Gasteiger partial charge in [0, 0.05) is 23.8 Å². The van der Waals surface area contributed by atoms with Crippen LogP contribution in [0.3, 0.4) is 0 Å². The molecule has 90 valence electrons. The van der Waals surface area contributed by atoms with Crippen molar-refractivity contribution in [3.05, 3.63) is 10.6 Å². The molecular weight excluding hydrogens is 246 g/mol. The van der Waals surface area contributed by atoms with Crippen LogP contribution in [0.25, 0.3) is 0 Å². The lowest BCUT2D eigenvalue weighted by Gasteiger charge is -2.21. The number of aryl methyl sites for hydroxylation is 1. The molecule has 4 nitrogen and oxygen atoms in total. The van der Waals surface area contributed by atoms with E-state index in [1.165, 1.54) is 4.88 Å². The number of carbonyl (C=O) groups excluding carboxylic acids is 1. The highest BCUT2D eigenvalue weighted by atomic mass is 35.5.